The number of phosphoric ester groups is 1. The molecule has 0 heterocycles. The minimum Gasteiger partial charge on any atom is -0.462 e. The van der Waals surface area contributed by atoms with Crippen LogP contribution in [-0.4, -0.2) is 60.5 Å². The maximum atomic E-state index is 12.5. The molecule has 0 radical (unpaired) electrons. The molecule has 1 unspecified atom stereocenters. The zero-order valence-corrected chi connectivity index (χ0v) is 36.0. The fraction of sp³-hybridized carbons (Fsp3) is 0.489. The number of phosphoric acid groups is 1. The molecule has 0 amide bonds. The van der Waals surface area contributed by atoms with Crippen LogP contribution in [0, 0.1) is 0 Å². The highest BCUT2D eigenvalue weighted by atomic mass is 31.2. The molecule has 324 valence electrons. The number of hydrogen-bond donors (Lipinski definition) is 3. The fourth-order valence-electron chi connectivity index (χ4n) is 4.53. The van der Waals surface area contributed by atoms with Crippen LogP contribution in [0.5, 0.6) is 0 Å². The van der Waals surface area contributed by atoms with Gasteiger partial charge in [0.05, 0.1) is 19.3 Å². The number of ether oxygens (including phenoxy) is 2. The number of carbonyl (C=O) groups excluding carboxylic acids is 2. The van der Waals surface area contributed by atoms with Crippen molar-refractivity contribution in [2.45, 2.75) is 122 Å². The van der Waals surface area contributed by atoms with E-state index in [2.05, 4.69) is 92.0 Å². The second-order valence-corrected chi connectivity index (χ2v) is 14.4. The predicted octanol–water partition coefficient (Wildman–Crippen LogP) is 10.9. The van der Waals surface area contributed by atoms with Crippen LogP contribution in [0.15, 0.2) is 134 Å². The monoisotopic (exact) mass is 825 g/mol. The Balaban J connectivity index is 4.45. The standard InChI is InChI=1S/C47H72NO9P/c1-3-5-6-7-8-9-10-11-12-13-14-15-16-21-24-27-30-33-36-39-47(51)57-45(43-56-58(52,53)55-41-40-48)42-54-46(50)38-35-32-29-26-23-20-18-17-19-22-25-28-31-34-37-44(49)4-2/h5-6,8-9,11-12,14-15,18-22,24,26,28-31,33-34,37,44-45,49H,3-4,7,10,13,16-17,23,25,27,32,35-36,38-43,48H2,1-2H3,(H,52,53)/b6-5-,9-8-,12-11-,15-14-,20-18-,22-19-,24-21-,29-26-,31-28-,33-30-,37-34+/t44-,45+/m0/s1. The molecule has 0 aromatic rings. The Morgan fingerprint density at radius 3 is 1.59 bits per heavy atom. The number of nitrogens with two attached hydrogens (primary N) is 1. The van der Waals surface area contributed by atoms with Gasteiger partial charge in [-0.25, -0.2) is 4.57 Å². The van der Waals surface area contributed by atoms with E-state index in [4.69, 9.17) is 24.3 Å². The normalized spacial score (nSPS) is 15.2. The summed E-state index contributed by atoms with van der Waals surface area (Å²) in [6.07, 6.45) is 54.5. The van der Waals surface area contributed by atoms with Crippen molar-refractivity contribution < 1.29 is 42.7 Å². The van der Waals surface area contributed by atoms with Gasteiger partial charge in [-0.1, -0.05) is 148 Å². The van der Waals surface area contributed by atoms with Crippen LogP contribution < -0.4 is 5.73 Å². The molecule has 58 heavy (non-hydrogen) atoms. The lowest BCUT2D eigenvalue weighted by Crippen LogP contribution is -2.29. The quantitative estimate of drug-likeness (QED) is 0.0183. The highest BCUT2D eigenvalue weighted by Crippen LogP contribution is 2.43. The van der Waals surface area contributed by atoms with Crippen molar-refractivity contribution in [1.29, 1.82) is 0 Å². The van der Waals surface area contributed by atoms with Gasteiger partial charge >= 0.3 is 19.8 Å². The Morgan fingerprint density at radius 2 is 1.09 bits per heavy atom. The lowest BCUT2D eigenvalue weighted by molar-refractivity contribution is -0.161. The molecule has 0 saturated heterocycles. The second kappa shape index (κ2) is 41.3. The van der Waals surface area contributed by atoms with Gasteiger partial charge in [0.2, 0.25) is 0 Å². The lowest BCUT2D eigenvalue weighted by atomic mass is 10.2. The van der Waals surface area contributed by atoms with E-state index in [1.54, 1.807) is 6.08 Å². The molecule has 0 aliphatic heterocycles. The van der Waals surface area contributed by atoms with Crippen LogP contribution in [0.2, 0.25) is 0 Å². The molecule has 0 rings (SSSR count). The van der Waals surface area contributed by atoms with Crippen molar-refractivity contribution in [2.75, 3.05) is 26.4 Å². The lowest BCUT2D eigenvalue weighted by Gasteiger charge is -2.19. The third-order valence-corrected chi connectivity index (χ3v) is 8.69. The van der Waals surface area contributed by atoms with Crippen LogP contribution in [0.4, 0.5) is 0 Å². The summed E-state index contributed by atoms with van der Waals surface area (Å²) in [4.78, 5) is 34.8. The van der Waals surface area contributed by atoms with Gasteiger partial charge in [0.15, 0.2) is 6.10 Å². The molecule has 0 aromatic carbocycles. The van der Waals surface area contributed by atoms with Gasteiger partial charge in [-0.3, -0.25) is 18.6 Å². The van der Waals surface area contributed by atoms with E-state index in [9.17, 15) is 24.2 Å². The van der Waals surface area contributed by atoms with Gasteiger partial charge in [0.1, 0.15) is 6.61 Å². The number of aliphatic hydroxyl groups excluding tert-OH is 1. The number of allylic oxidation sites excluding steroid dienone is 21. The van der Waals surface area contributed by atoms with E-state index < -0.39 is 32.5 Å². The second-order valence-electron chi connectivity index (χ2n) is 12.9. The van der Waals surface area contributed by atoms with Gasteiger partial charge in [0.25, 0.3) is 0 Å². The van der Waals surface area contributed by atoms with E-state index in [1.807, 2.05) is 49.5 Å². The SMILES string of the molecule is CC/C=C\C/C=C\C/C=C\C/C=C\C/C=C\C/C=C\CCC(=O)O[C@H](COC(=O)CCC/C=C\C/C=C\C/C=C\C/C=C\C=C\[C@@H](O)CC)COP(=O)(O)OCCN. The van der Waals surface area contributed by atoms with Gasteiger partial charge in [-0.2, -0.15) is 0 Å². The molecule has 4 N–H and O–H groups in total. The third-order valence-electron chi connectivity index (χ3n) is 7.70. The van der Waals surface area contributed by atoms with Gasteiger partial charge in [-0.15, -0.1) is 0 Å². The highest BCUT2D eigenvalue weighted by molar-refractivity contribution is 7.47. The Kier molecular flexibility index (Phi) is 38.5. The van der Waals surface area contributed by atoms with Gasteiger partial charge in [0, 0.05) is 19.4 Å². The summed E-state index contributed by atoms with van der Waals surface area (Å²) in [5, 5.41) is 9.47. The molecule has 3 atom stereocenters. The summed E-state index contributed by atoms with van der Waals surface area (Å²) in [5.41, 5.74) is 5.33. The van der Waals surface area contributed by atoms with E-state index in [0.717, 1.165) is 57.8 Å². The number of aliphatic hydroxyl groups is 1. The minimum atomic E-state index is -4.43. The first-order valence-corrected chi connectivity index (χ1v) is 22.3. The van der Waals surface area contributed by atoms with Crippen molar-refractivity contribution in [1.82, 2.24) is 0 Å². The minimum absolute atomic E-state index is 0.0203. The average molecular weight is 826 g/mol. The largest absolute Gasteiger partial charge is 0.472 e. The topological polar surface area (TPSA) is 155 Å². The number of rotatable bonds is 36. The van der Waals surface area contributed by atoms with Crippen LogP contribution in [0.25, 0.3) is 0 Å². The van der Waals surface area contributed by atoms with Crippen LogP contribution in [0.3, 0.4) is 0 Å². The van der Waals surface area contributed by atoms with Crippen molar-refractivity contribution in [2.24, 2.45) is 5.73 Å². The van der Waals surface area contributed by atoms with Crippen LogP contribution in [0.1, 0.15) is 110 Å². The van der Waals surface area contributed by atoms with Crippen molar-refractivity contribution in [3.63, 3.8) is 0 Å². The number of hydrogen-bond acceptors (Lipinski definition) is 9. The van der Waals surface area contributed by atoms with Gasteiger partial charge < -0.3 is 25.2 Å². The fourth-order valence-corrected chi connectivity index (χ4v) is 5.29. The molecule has 0 aromatic heterocycles. The van der Waals surface area contributed by atoms with Crippen LogP contribution in [-0.2, 0) is 32.7 Å². The van der Waals surface area contributed by atoms with Crippen LogP contribution >= 0.6 is 7.82 Å². The van der Waals surface area contributed by atoms with Gasteiger partial charge in [-0.05, 0) is 83.5 Å². The summed E-state index contributed by atoms with van der Waals surface area (Å²) in [5.74, 6) is -1.03. The molecule has 0 bridgehead atoms. The van der Waals surface area contributed by atoms with E-state index >= 15 is 0 Å². The summed E-state index contributed by atoms with van der Waals surface area (Å²) < 4.78 is 32.6. The van der Waals surface area contributed by atoms with Crippen molar-refractivity contribution in [3.8, 4) is 0 Å². The first-order chi connectivity index (χ1) is 28.2. The van der Waals surface area contributed by atoms with E-state index in [1.165, 1.54) is 0 Å². The molecule has 0 aliphatic carbocycles. The van der Waals surface area contributed by atoms with E-state index in [0.29, 0.717) is 25.7 Å². The summed E-state index contributed by atoms with van der Waals surface area (Å²) in [6.45, 7) is 3.08. The Hall–Kier alpha value is -3.89. The zero-order valence-electron chi connectivity index (χ0n) is 35.1. The molecular weight excluding hydrogens is 753 g/mol. The zero-order chi connectivity index (χ0) is 42.6. The van der Waals surface area contributed by atoms with Crippen molar-refractivity contribution >= 4 is 19.8 Å². The maximum Gasteiger partial charge on any atom is 0.472 e. The summed E-state index contributed by atoms with van der Waals surface area (Å²) in [7, 11) is -4.43. The molecule has 10 nitrogen and oxygen atoms in total. The van der Waals surface area contributed by atoms with E-state index in [-0.39, 0.29) is 38.7 Å². The number of unbranched alkanes of at least 4 members (excludes halogenated alkanes) is 1. The Labute approximate surface area is 349 Å². The third kappa shape index (κ3) is 40.3. The predicted molar refractivity (Wildman–Crippen MR) is 239 cm³/mol. The molecule has 11 heteroatoms. The molecule has 0 spiro atoms. The molecule has 0 saturated carbocycles. The smallest absolute Gasteiger partial charge is 0.462 e. The molecule has 0 fully saturated rings. The first-order valence-electron chi connectivity index (χ1n) is 20.8. The maximum absolute atomic E-state index is 12.5. The molecular formula is C47H72NO9P. The highest BCUT2D eigenvalue weighted by Gasteiger charge is 2.25. The van der Waals surface area contributed by atoms with Crippen molar-refractivity contribution in [3.05, 3.63) is 134 Å². The number of esters is 2. The Morgan fingerprint density at radius 1 is 0.603 bits per heavy atom. The number of carbonyl (C=O) groups is 2. The molecule has 0 aliphatic rings. The Bertz CT molecular complexity index is 1420. The summed E-state index contributed by atoms with van der Waals surface area (Å²) >= 11 is 0. The average Bonchev–Trinajstić information content (AvgIpc) is 3.21. The first kappa shape index (κ1) is 54.1. The summed E-state index contributed by atoms with van der Waals surface area (Å²) in [6, 6.07) is 0.